The minimum absolute atomic E-state index is 0.327. The van der Waals surface area contributed by atoms with Gasteiger partial charge in [-0.15, -0.1) is 0 Å². The first-order valence-electron chi connectivity index (χ1n) is 3.16. The summed E-state index contributed by atoms with van der Waals surface area (Å²) in [5.41, 5.74) is 9.90. The summed E-state index contributed by atoms with van der Waals surface area (Å²) in [4.78, 5) is 34.6. The normalized spacial score (nSPS) is 14.6. The van der Waals surface area contributed by atoms with Crippen molar-refractivity contribution in [2.45, 2.75) is 11.4 Å². The summed E-state index contributed by atoms with van der Waals surface area (Å²) < 4.78 is 21.4. The van der Waals surface area contributed by atoms with Crippen molar-refractivity contribution in [2.75, 3.05) is 6.54 Å². The third-order valence-electron chi connectivity index (χ3n) is 1.52. The lowest BCUT2D eigenvalue weighted by Crippen LogP contribution is -2.41. The average Bonchev–Trinajstić information content (AvgIpc) is 1.82. The molecule has 0 heterocycles. The van der Waals surface area contributed by atoms with Crippen molar-refractivity contribution >= 4 is 15.2 Å². The van der Waals surface area contributed by atoms with Crippen molar-refractivity contribution in [2.24, 2.45) is 11.5 Å². The van der Waals surface area contributed by atoms with Crippen LogP contribution >= 0.6 is 15.2 Å². The van der Waals surface area contributed by atoms with Crippen LogP contribution in [0.4, 0.5) is 0 Å². The first-order chi connectivity index (χ1) is 5.56. The highest BCUT2D eigenvalue weighted by atomic mass is 31.2. The molecule has 8 nitrogen and oxygen atoms in total. The van der Waals surface area contributed by atoms with Gasteiger partial charge in [-0.1, -0.05) is 0 Å². The number of nitrogens with two attached hydrogens (primary N) is 2. The van der Waals surface area contributed by atoms with Crippen LogP contribution in [0.25, 0.3) is 0 Å². The summed E-state index contributed by atoms with van der Waals surface area (Å²) in [6.45, 7) is -0.327. The first kappa shape index (κ1) is 13.2. The molecule has 13 heavy (non-hydrogen) atoms. The highest BCUT2D eigenvalue weighted by molar-refractivity contribution is 7.72. The zero-order chi connectivity index (χ0) is 10.9. The molecule has 0 atom stereocenters. The van der Waals surface area contributed by atoms with Crippen LogP contribution < -0.4 is 11.5 Å². The van der Waals surface area contributed by atoms with Crippen molar-refractivity contribution < 1.29 is 28.7 Å². The second kappa shape index (κ2) is 3.76. The Balaban J connectivity index is 5.22. The van der Waals surface area contributed by atoms with Crippen molar-refractivity contribution in [3.05, 3.63) is 0 Å². The fourth-order valence-corrected chi connectivity index (χ4v) is 2.87. The smallest absolute Gasteiger partial charge is 0.330 e. The maximum Gasteiger partial charge on any atom is 0.357 e. The molecule has 0 aliphatic heterocycles. The van der Waals surface area contributed by atoms with Crippen LogP contribution in [0.15, 0.2) is 0 Å². The Kier molecular flexibility index (Phi) is 3.83. The number of hydrogen-bond acceptors (Lipinski definition) is 4. The Bertz CT molecular complexity index is 245. The fourth-order valence-electron chi connectivity index (χ4n) is 0.673. The first-order valence-corrected chi connectivity index (χ1v) is 6.39. The fraction of sp³-hybridized carbons (Fsp3) is 1.00. The zero-order valence-corrected chi connectivity index (χ0v) is 8.36. The van der Waals surface area contributed by atoms with E-state index in [2.05, 4.69) is 0 Å². The predicted molar refractivity (Wildman–Crippen MR) is 44.7 cm³/mol. The van der Waals surface area contributed by atoms with E-state index < -0.39 is 26.6 Å². The van der Waals surface area contributed by atoms with E-state index in [1.54, 1.807) is 0 Å². The van der Waals surface area contributed by atoms with Gasteiger partial charge in [0, 0.05) is 6.42 Å². The monoisotopic (exact) mass is 234 g/mol. The molecule has 0 rings (SSSR count). The van der Waals surface area contributed by atoms with Gasteiger partial charge in [0.05, 0.1) is 0 Å². The number of hydrogen-bond donors (Lipinski definition) is 6. The summed E-state index contributed by atoms with van der Waals surface area (Å²) in [6, 6.07) is 0. The molecular formula is C3H12N2O6P2. The highest BCUT2D eigenvalue weighted by Gasteiger charge is 2.56. The van der Waals surface area contributed by atoms with Gasteiger partial charge in [0.1, 0.15) is 0 Å². The van der Waals surface area contributed by atoms with Gasteiger partial charge >= 0.3 is 15.2 Å². The maximum atomic E-state index is 10.7. The van der Waals surface area contributed by atoms with Gasteiger partial charge in [0.2, 0.25) is 5.02 Å². The van der Waals surface area contributed by atoms with Gasteiger partial charge in [-0.3, -0.25) is 9.13 Å². The molecule has 10 heteroatoms. The Hall–Kier alpha value is 0.220. The molecule has 0 aliphatic carbocycles. The third kappa shape index (κ3) is 2.59. The SMILES string of the molecule is NCCC(N)(P(=O)(O)O)P(=O)(O)O. The van der Waals surface area contributed by atoms with Crippen LogP contribution in [0.2, 0.25) is 0 Å². The second-order valence-corrected chi connectivity index (χ2v) is 6.63. The summed E-state index contributed by atoms with van der Waals surface area (Å²) in [7, 11) is -10.2. The molecule has 0 radical (unpaired) electrons. The van der Waals surface area contributed by atoms with Crippen LogP contribution in [0.1, 0.15) is 6.42 Å². The molecule has 0 aromatic rings. The van der Waals surface area contributed by atoms with Gasteiger partial charge in [-0.2, -0.15) is 0 Å². The van der Waals surface area contributed by atoms with Gasteiger partial charge in [0.15, 0.2) is 0 Å². The molecule has 0 amide bonds. The van der Waals surface area contributed by atoms with E-state index in [1.165, 1.54) is 0 Å². The molecule has 0 spiro atoms. The molecule has 0 saturated carbocycles. The molecular weight excluding hydrogens is 222 g/mol. The Labute approximate surface area is 74.3 Å². The van der Waals surface area contributed by atoms with Crippen LogP contribution in [-0.2, 0) is 9.13 Å². The summed E-state index contributed by atoms with van der Waals surface area (Å²) in [5.74, 6) is 0. The van der Waals surface area contributed by atoms with Crippen LogP contribution in [0.5, 0.6) is 0 Å². The Morgan fingerprint density at radius 2 is 1.38 bits per heavy atom. The molecule has 0 aromatic heterocycles. The lowest BCUT2D eigenvalue weighted by molar-refractivity contribution is 0.304. The molecule has 80 valence electrons. The average molecular weight is 234 g/mol. The van der Waals surface area contributed by atoms with Crippen molar-refractivity contribution in [1.29, 1.82) is 0 Å². The van der Waals surface area contributed by atoms with E-state index in [-0.39, 0.29) is 6.54 Å². The van der Waals surface area contributed by atoms with Gasteiger partial charge in [-0.25, -0.2) is 0 Å². The van der Waals surface area contributed by atoms with E-state index >= 15 is 0 Å². The Morgan fingerprint density at radius 1 is 1.08 bits per heavy atom. The molecule has 8 N–H and O–H groups in total. The molecule has 0 aliphatic rings. The predicted octanol–water partition coefficient (Wildman–Crippen LogP) is -1.70. The number of rotatable bonds is 4. The third-order valence-corrected chi connectivity index (χ3v) is 5.55. The van der Waals surface area contributed by atoms with E-state index in [0.29, 0.717) is 0 Å². The van der Waals surface area contributed by atoms with Gasteiger partial charge < -0.3 is 31.0 Å². The minimum Gasteiger partial charge on any atom is -0.330 e. The quantitative estimate of drug-likeness (QED) is 0.313. The lowest BCUT2D eigenvalue weighted by atomic mass is 10.4. The van der Waals surface area contributed by atoms with Gasteiger partial charge in [0.25, 0.3) is 0 Å². The zero-order valence-electron chi connectivity index (χ0n) is 6.57. The van der Waals surface area contributed by atoms with Crippen molar-refractivity contribution in [1.82, 2.24) is 0 Å². The molecule has 0 unspecified atom stereocenters. The summed E-state index contributed by atoms with van der Waals surface area (Å²) >= 11 is 0. The minimum atomic E-state index is -5.09. The van der Waals surface area contributed by atoms with Gasteiger partial charge in [-0.05, 0) is 6.54 Å². The van der Waals surface area contributed by atoms with Crippen LogP contribution in [0.3, 0.4) is 0 Å². The van der Waals surface area contributed by atoms with Crippen LogP contribution in [0, 0.1) is 0 Å². The lowest BCUT2D eigenvalue weighted by Gasteiger charge is -2.29. The second-order valence-electron chi connectivity index (χ2n) is 2.51. The highest BCUT2D eigenvalue weighted by Crippen LogP contribution is 2.67. The van der Waals surface area contributed by atoms with E-state index in [4.69, 9.17) is 31.0 Å². The van der Waals surface area contributed by atoms with Crippen molar-refractivity contribution in [3.8, 4) is 0 Å². The molecule has 0 fully saturated rings. The maximum absolute atomic E-state index is 10.7. The molecule has 0 bridgehead atoms. The van der Waals surface area contributed by atoms with Crippen LogP contribution in [-0.4, -0.2) is 31.1 Å². The standard InChI is InChI=1S/C3H12N2O6P2/c4-2-1-3(5,12(6,7)8)13(9,10)11/h1-2,4-5H2,(H2,6,7,8)(H2,9,10,11). The largest absolute Gasteiger partial charge is 0.357 e. The summed E-state index contributed by atoms with van der Waals surface area (Å²) in [5, 5.41) is -2.87. The van der Waals surface area contributed by atoms with E-state index in [0.717, 1.165) is 0 Å². The Morgan fingerprint density at radius 3 is 1.46 bits per heavy atom. The topological polar surface area (TPSA) is 167 Å². The van der Waals surface area contributed by atoms with E-state index in [9.17, 15) is 9.13 Å². The molecule has 0 aromatic carbocycles. The summed E-state index contributed by atoms with van der Waals surface area (Å²) in [6.07, 6.45) is -0.651. The molecule has 0 saturated heterocycles. The van der Waals surface area contributed by atoms with E-state index in [1.807, 2.05) is 0 Å². The van der Waals surface area contributed by atoms with Crippen molar-refractivity contribution in [3.63, 3.8) is 0 Å².